The molecule has 0 saturated carbocycles. The predicted octanol–water partition coefficient (Wildman–Crippen LogP) is -2.00. The Bertz CT molecular complexity index is 504. The zero-order valence-electron chi connectivity index (χ0n) is 15.0. The first-order chi connectivity index (χ1) is 12.3. The van der Waals surface area contributed by atoms with E-state index >= 15 is 0 Å². The van der Waals surface area contributed by atoms with Gasteiger partial charge in [0.1, 0.15) is 24.4 Å². The molecule has 1 aromatic rings. The van der Waals surface area contributed by atoms with Crippen LogP contribution < -0.4 is 11.1 Å². The summed E-state index contributed by atoms with van der Waals surface area (Å²) in [5.41, 5.74) is 6.93. The second kappa shape index (κ2) is 11.8. The van der Waals surface area contributed by atoms with Crippen LogP contribution in [0.15, 0.2) is 0 Å². The highest BCUT2D eigenvalue weighted by Crippen LogP contribution is 2.27. The minimum absolute atomic E-state index is 0.641. The van der Waals surface area contributed by atoms with Crippen molar-refractivity contribution in [3.05, 3.63) is 10.6 Å². The van der Waals surface area contributed by atoms with Crippen LogP contribution in [0, 0.1) is 0 Å². The van der Waals surface area contributed by atoms with E-state index in [9.17, 15) is 0 Å². The summed E-state index contributed by atoms with van der Waals surface area (Å²) >= 11 is 1.65. The third-order valence-electron chi connectivity index (χ3n) is 4.15. The van der Waals surface area contributed by atoms with Gasteiger partial charge in [-0.1, -0.05) is 6.92 Å². The molecule has 1 aliphatic rings. The molecule has 0 aromatic carbocycles. The van der Waals surface area contributed by atoms with Crippen molar-refractivity contribution in [2.24, 2.45) is 0 Å². The maximum absolute atomic E-state index is 8.96. The van der Waals surface area contributed by atoms with Gasteiger partial charge in [0.25, 0.3) is 0 Å². The molecule has 0 bridgehead atoms. The Morgan fingerprint density at radius 3 is 2.23 bits per heavy atom. The van der Waals surface area contributed by atoms with Gasteiger partial charge in [-0.25, -0.2) is 4.98 Å². The molecule has 26 heavy (non-hydrogen) atoms. The van der Waals surface area contributed by atoms with E-state index in [1.807, 2.05) is 0 Å². The van der Waals surface area contributed by atoms with Gasteiger partial charge in [-0.15, -0.1) is 11.3 Å². The summed E-state index contributed by atoms with van der Waals surface area (Å²) in [4.78, 5) is 5.73. The topological polar surface area (TPSA) is 172 Å². The lowest BCUT2D eigenvalue weighted by molar-refractivity contribution is -0.123. The molecule has 0 aliphatic heterocycles. The average molecular weight is 394 g/mol. The number of anilines is 1. The van der Waals surface area contributed by atoms with Gasteiger partial charge in [-0.2, -0.15) is 0 Å². The molecule has 0 radical (unpaired) electrons. The molecule has 0 saturated heterocycles. The maximum atomic E-state index is 8.96. The number of aliphatic hydroxyl groups excluding tert-OH is 6. The summed E-state index contributed by atoms with van der Waals surface area (Å²) in [6.45, 7) is 1.87. The van der Waals surface area contributed by atoms with E-state index in [1.165, 1.54) is 23.4 Å². The summed E-state index contributed by atoms with van der Waals surface area (Å²) in [7, 11) is 0. The number of hydrogen-bond donors (Lipinski definition) is 8. The lowest BCUT2D eigenvalue weighted by atomic mass is 9.98. The van der Waals surface area contributed by atoms with Crippen molar-refractivity contribution in [3.8, 4) is 0 Å². The third-order valence-corrected chi connectivity index (χ3v) is 5.10. The smallest absolute Gasteiger partial charge is 0.180 e. The van der Waals surface area contributed by atoms with Crippen LogP contribution in [0.3, 0.4) is 0 Å². The Labute approximate surface area is 157 Å². The fourth-order valence-electron chi connectivity index (χ4n) is 2.59. The summed E-state index contributed by atoms with van der Waals surface area (Å²) in [6.07, 6.45) is -1.78. The van der Waals surface area contributed by atoms with Gasteiger partial charge in [-0.05, 0) is 32.2 Å². The Balaban J connectivity index is 0.000000265. The van der Waals surface area contributed by atoms with Gasteiger partial charge in [0.2, 0.25) is 0 Å². The molecule has 0 spiro atoms. The third kappa shape index (κ3) is 7.05. The Hall–Kier alpha value is -0.850. The van der Waals surface area contributed by atoms with Crippen molar-refractivity contribution in [1.29, 1.82) is 0 Å². The van der Waals surface area contributed by atoms with Gasteiger partial charge in [0.15, 0.2) is 5.13 Å². The largest absolute Gasteiger partial charge is 0.394 e. The highest BCUT2D eigenvalue weighted by Gasteiger charge is 2.29. The predicted molar refractivity (Wildman–Crippen MR) is 98.8 cm³/mol. The van der Waals surface area contributed by atoms with E-state index in [-0.39, 0.29) is 0 Å². The van der Waals surface area contributed by atoms with Crippen LogP contribution in [0.1, 0.15) is 30.3 Å². The number of aromatic nitrogens is 1. The molecule has 0 amide bonds. The number of rotatable bonds is 8. The Morgan fingerprint density at radius 2 is 1.73 bits per heavy atom. The van der Waals surface area contributed by atoms with Crippen molar-refractivity contribution in [2.75, 3.05) is 25.5 Å². The summed E-state index contributed by atoms with van der Waals surface area (Å²) in [5, 5.41) is 56.5. The fourth-order valence-corrected chi connectivity index (χ4v) is 3.55. The number of nitrogens with zero attached hydrogens (tertiary/aromatic N) is 1. The van der Waals surface area contributed by atoms with E-state index in [4.69, 9.17) is 36.4 Å². The number of nitrogen functional groups attached to an aromatic ring is 1. The lowest BCUT2D eigenvalue weighted by Gasteiger charge is -2.24. The quantitative estimate of drug-likeness (QED) is 0.248. The first kappa shape index (κ1) is 23.2. The van der Waals surface area contributed by atoms with Gasteiger partial charge >= 0.3 is 0 Å². The van der Waals surface area contributed by atoms with Crippen molar-refractivity contribution >= 4 is 16.5 Å². The SMILES string of the molecule is CCCN[C@H]1CCc2nc(N)sc2C1.OC[C@@H](O)[C@@H](O)[C@H](O)[C@H](O)CO. The molecule has 0 fully saturated rings. The standard InChI is InChI=1S/C10H17N3S.C6H14O6/c1-2-5-12-7-3-4-8-9(6-7)14-10(11)13-8;7-1-3(9)5(11)6(12)4(10)2-8/h7,12H,2-6H2,1H3,(H2,11,13);3-12H,1-2H2/t7-;3-,4-,5-,6-/m01/s1. The zero-order valence-corrected chi connectivity index (χ0v) is 15.8. The van der Waals surface area contributed by atoms with Crippen molar-refractivity contribution in [2.45, 2.75) is 63.1 Å². The molecular weight excluding hydrogens is 362 g/mol. The number of aryl methyl sites for hydroxylation is 1. The number of thiazole rings is 1. The molecule has 5 atom stereocenters. The van der Waals surface area contributed by atoms with Crippen LogP contribution in [0.4, 0.5) is 5.13 Å². The highest BCUT2D eigenvalue weighted by molar-refractivity contribution is 7.15. The minimum Gasteiger partial charge on any atom is -0.394 e. The zero-order chi connectivity index (χ0) is 19.7. The van der Waals surface area contributed by atoms with E-state index in [0.29, 0.717) is 6.04 Å². The van der Waals surface area contributed by atoms with E-state index in [2.05, 4.69) is 17.2 Å². The normalized spacial score (nSPS) is 21.1. The summed E-state index contributed by atoms with van der Waals surface area (Å²) in [6, 6.07) is 0.641. The number of fused-ring (bicyclic) bond motifs is 1. The maximum Gasteiger partial charge on any atom is 0.180 e. The van der Waals surface area contributed by atoms with Crippen LogP contribution in [-0.4, -0.2) is 85.8 Å². The van der Waals surface area contributed by atoms with Gasteiger partial charge in [0, 0.05) is 10.9 Å². The summed E-state index contributed by atoms with van der Waals surface area (Å²) < 4.78 is 0. The molecule has 1 aromatic heterocycles. The molecule has 2 rings (SSSR count). The molecule has 9 nitrogen and oxygen atoms in total. The molecule has 152 valence electrons. The highest BCUT2D eigenvalue weighted by atomic mass is 32.1. The average Bonchev–Trinajstić information content (AvgIpc) is 3.03. The van der Waals surface area contributed by atoms with Crippen molar-refractivity contribution < 1.29 is 30.6 Å². The first-order valence-electron chi connectivity index (χ1n) is 8.75. The van der Waals surface area contributed by atoms with Crippen LogP contribution >= 0.6 is 11.3 Å². The number of aliphatic hydroxyl groups is 6. The van der Waals surface area contributed by atoms with Crippen LogP contribution in [0.5, 0.6) is 0 Å². The first-order valence-corrected chi connectivity index (χ1v) is 9.57. The van der Waals surface area contributed by atoms with E-state index < -0.39 is 37.6 Å². The molecule has 1 heterocycles. The van der Waals surface area contributed by atoms with Gasteiger partial charge < -0.3 is 41.7 Å². The second-order valence-electron chi connectivity index (χ2n) is 6.30. The van der Waals surface area contributed by atoms with Crippen LogP contribution in [0.25, 0.3) is 0 Å². The van der Waals surface area contributed by atoms with Crippen LogP contribution in [0.2, 0.25) is 0 Å². The molecular formula is C16H31N3O6S. The molecule has 0 unspecified atom stereocenters. The Morgan fingerprint density at radius 1 is 1.15 bits per heavy atom. The molecule has 10 heteroatoms. The number of nitrogens with one attached hydrogen (secondary N) is 1. The van der Waals surface area contributed by atoms with Crippen molar-refractivity contribution in [1.82, 2.24) is 10.3 Å². The molecule has 9 N–H and O–H groups in total. The number of nitrogens with two attached hydrogens (primary N) is 1. The van der Waals surface area contributed by atoms with E-state index in [1.54, 1.807) is 11.3 Å². The van der Waals surface area contributed by atoms with Crippen LogP contribution in [-0.2, 0) is 12.8 Å². The van der Waals surface area contributed by atoms with Gasteiger partial charge in [0.05, 0.1) is 18.9 Å². The monoisotopic (exact) mass is 393 g/mol. The number of hydrogen-bond acceptors (Lipinski definition) is 10. The minimum atomic E-state index is -1.67. The molecule has 1 aliphatic carbocycles. The lowest BCUT2D eigenvalue weighted by Crippen LogP contribution is -2.46. The van der Waals surface area contributed by atoms with E-state index in [0.717, 1.165) is 24.5 Å². The Kier molecular flexibility index (Phi) is 10.5. The van der Waals surface area contributed by atoms with Gasteiger partial charge in [-0.3, -0.25) is 0 Å². The fraction of sp³-hybridized carbons (Fsp3) is 0.812. The second-order valence-corrected chi connectivity index (χ2v) is 7.41. The summed E-state index contributed by atoms with van der Waals surface area (Å²) in [5.74, 6) is 0. The van der Waals surface area contributed by atoms with Crippen molar-refractivity contribution in [3.63, 3.8) is 0 Å².